The normalized spacial score (nSPS) is 10.5. The zero-order valence-corrected chi connectivity index (χ0v) is 9.36. The van der Waals surface area contributed by atoms with E-state index in [4.69, 9.17) is 0 Å². The molecule has 0 aliphatic carbocycles. The molecule has 0 N–H and O–H groups in total. The Labute approximate surface area is 103 Å². The molecule has 3 heterocycles. The van der Waals surface area contributed by atoms with Crippen LogP contribution in [0.2, 0.25) is 0 Å². The smallest absolute Gasteiger partial charge is 0.141 e. The van der Waals surface area contributed by atoms with Crippen LogP contribution in [0.1, 0.15) is 0 Å². The van der Waals surface area contributed by atoms with E-state index in [2.05, 4.69) is 15.1 Å². The summed E-state index contributed by atoms with van der Waals surface area (Å²) in [6, 6.07) is 8.56. The standard InChI is InChI=1S/C13H9FN4/c14-10-3-4-12(16-8-10)13-5-7-17-18(13)11-2-1-6-15-9-11/h1-9H. The molecule has 0 saturated carbocycles. The zero-order valence-electron chi connectivity index (χ0n) is 9.36. The molecular weight excluding hydrogens is 231 g/mol. The Bertz CT molecular complexity index is 646. The van der Waals surface area contributed by atoms with E-state index >= 15 is 0 Å². The van der Waals surface area contributed by atoms with Crippen LogP contribution >= 0.6 is 0 Å². The van der Waals surface area contributed by atoms with Crippen molar-refractivity contribution in [3.05, 3.63) is 60.9 Å². The number of aromatic nitrogens is 4. The highest BCUT2D eigenvalue weighted by Crippen LogP contribution is 2.19. The number of hydrogen-bond donors (Lipinski definition) is 0. The first kappa shape index (κ1) is 10.6. The molecule has 3 aromatic heterocycles. The minimum Gasteiger partial charge on any atom is -0.262 e. The van der Waals surface area contributed by atoms with Crippen molar-refractivity contribution in [3.63, 3.8) is 0 Å². The van der Waals surface area contributed by atoms with Crippen molar-refractivity contribution in [3.8, 4) is 17.1 Å². The van der Waals surface area contributed by atoms with Gasteiger partial charge in [0.1, 0.15) is 5.82 Å². The Balaban J connectivity index is 2.10. The molecule has 0 aliphatic heterocycles. The number of rotatable bonds is 2. The summed E-state index contributed by atoms with van der Waals surface area (Å²) >= 11 is 0. The van der Waals surface area contributed by atoms with Gasteiger partial charge in [-0.05, 0) is 30.3 Å². The van der Waals surface area contributed by atoms with E-state index in [1.54, 1.807) is 29.3 Å². The minimum absolute atomic E-state index is 0.355. The Morgan fingerprint density at radius 3 is 2.67 bits per heavy atom. The number of pyridine rings is 2. The zero-order chi connectivity index (χ0) is 12.4. The highest BCUT2D eigenvalue weighted by molar-refractivity contribution is 5.56. The van der Waals surface area contributed by atoms with Gasteiger partial charge in [-0.1, -0.05) is 0 Å². The maximum absolute atomic E-state index is 12.9. The van der Waals surface area contributed by atoms with E-state index in [-0.39, 0.29) is 5.82 Å². The van der Waals surface area contributed by atoms with E-state index in [1.165, 1.54) is 12.3 Å². The van der Waals surface area contributed by atoms with Gasteiger partial charge in [0, 0.05) is 6.20 Å². The molecule has 0 aromatic carbocycles. The number of nitrogens with zero attached hydrogens (tertiary/aromatic N) is 4. The van der Waals surface area contributed by atoms with Gasteiger partial charge in [-0.3, -0.25) is 9.97 Å². The molecule has 0 saturated heterocycles. The van der Waals surface area contributed by atoms with Crippen LogP contribution in [0.4, 0.5) is 4.39 Å². The highest BCUT2D eigenvalue weighted by atomic mass is 19.1. The summed E-state index contributed by atoms with van der Waals surface area (Å²) in [4.78, 5) is 8.10. The van der Waals surface area contributed by atoms with Crippen LogP contribution in [0, 0.1) is 5.82 Å². The SMILES string of the molecule is Fc1ccc(-c2ccnn2-c2cccnc2)nc1. The van der Waals surface area contributed by atoms with Gasteiger partial charge in [-0.15, -0.1) is 0 Å². The van der Waals surface area contributed by atoms with Gasteiger partial charge in [-0.2, -0.15) is 5.10 Å². The molecule has 0 spiro atoms. The van der Waals surface area contributed by atoms with Crippen LogP contribution in [0.15, 0.2) is 55.1 Å². The van der Waals surface area contributed by atoms with Crippen molar-refractivity contribution < 1.29 is 4.39 Å². The third kappa shape index (κ3) is 1.86. The Kier molecular flexibility index (Phi) is 2.57. The second-order valence-corrected chi connectivity index (χ2v) is 3.70. The van der Waals surface area contributed by atoms with Gasteiger partial charge < -0.3 is 0 Å². The summed E-state index contributed by atoms with van der Waals surface area (Å²) in [5.74, 6) is -0.355. The lowest BCUT2D eigenvalue weighted by atomic mass is 10.2. The van der Waals surface area contributed by atoms with E-state index in [9.17, 15) is 4.39 Å². The molecule has 88 valence electrons. The van der Waals surface area contributed by atoms with E-state index in [0.29, 0.717) is 5.69 Å². The van der Waals surface area contributed by atoms with Gasteiger partial charge in [0.05, 0.1) is 35.7 Å². The Morgan fingerprint density at radius 2 is 1.94 bits per heavy atom. The molecule has 0 amide bonds. The van der Waals surface area contributed by atoms with Crippen LogP contribution < -0.4 is 0 Å². The van der Waals surface area contributed by atoms with E-state index in [0.717, 1.165) is 11.4 Å². The molecule has 0 radical (unpaired) electrons. The first-order valence-electron chi connectivity index (χ1n) is 5.41. The highest BCUT2D eigenvalue weighted by Gasteiger charge is 2.08. The van der Waals surface area contributed by atoms with Crippen molar-refractivity contribution in [2.45, 2.75) is 0 Å². The number of hydrogen-bond acceptors (Lipinski definition) is 3. The fraction of sp³-hybridized carbons (Fsp3) is 0. The van der Waals surface area contributed by atoms with Gasteiger partial charge in [0.25, 0.3) is 0 Å². The average Bonchev–Trinajstić information content (AvgIpc) is 2.90. The van der Waals surface area contributed by atoms with Crippen LogP contribution in [-0.4, -0.2) is 19.7 Å². The predicted octanol–water partition coefficient (Wildman–Crippen LogP) is 2.47. The van der Waals surface area contributed by atoms with Crippen LogP contribution in [-0.2, 0) is 0 Å². The summed E-state index contributed by atoms with van der Waals surface area (Å²) in [6.07, 6.45) is 6.27. The van der Waals surface area contributed by atoms with E-state index < -0.39 is 0 Å². The van der Waals surface area contributed by atoms with Crippen molar-refractivity contribution in [1.29, 1.82) is 0 Å². The lowest BCUT2D eigenvalue weighted by Crippen LogP contribution is -2.00. The number of halogens is 1. The molecule has 0 fully saturated rings. The lowest BCUT2D eigenvalue weighted by Gasteiger charge is -2.06. The van der Waals surface area contributed by atoms with E-state index in [1.807, 2.05) is 18.2 Å². The quantitative estimate of drug-likeness (QED) is 0.691. The fourth-order valence-corrected chi connectivity index (χ4v) is 1.71. The second kappa shape index (κ2) is 4.37. The van der Waals surface area contributed by atoms with Crippen molar-refractivity contribution in [2.24, 2.45) is 0 Å². The monoisotopic (exact) mass is 240 g/mol. The topological polar surface area (TPSA) is 43.6 Å². The molecule has 5 heteroatoms. The molecule has 4 nitrogen and oxygen atoms in total. The van der Waals surface area contributed by atoms with Gasteiger partial charge in [-0.25, -0.2) is 9.07 Å². The fourth-order valence-electron chi connectivity index (χ4n) is 1.71. The molecule has 0 aliphatic rings. The van der Waals surface area contributed by atoms with Crippen molar-refractivity contribution >= 4 is 0 Å². The summed E-state index contributed by atoms with van der Waals surface area (Å²) in [5, 5.41) is 4.23. The molecule has 3 aromatic rings. The molecule has 3 rings (SSSR count). The molecular formula is C13H9FN4. The largest absolute Gasteiger partial charge is 0.262 e. The summed E-state index contributed by atoms with van der Waals surface area (Å²) < 4.78 is 14.6. The minimum atomic E-state index is -0.355. The van der Waals surface area contributed by atoms with Crippen LogP contribution in [0.25, 0.3) is 17.1 Å². The summed E-state index contributed by atoms with van der Waals surface area (Å²) in [5.41, 5.74) is 2.30. The van der Waals surface area contributed by atoms with Crippen molar-refractivity contribution in [2.75, 3.05) is 0 Å². The van der Waals surface area contributed by atoms with Gasteiger partial charge in [0.2, 0.25) is 0 Å². The molecule has 0 bridgehead atoms. The average molecular weight is 240 g/mol. The van der Waals surface area contributed by atoms with Gasteiger partial charge in [0.15, 0.2) is 0 Å². The molecule has 18 heavy (non-hydrogen) atoms. The Hall–Kier alpha value is -2.56. The predicted molar refractivity (Wildman–Crippen MR) is 64.5 cm³/mol. The second-order valence-electron chi connectivity index (χ2n) is 3.70. The molecule has 0 unspecified atom stereocenters. The maximum Gasteiger partial charge on any atom is 0.141 e. The van der Waals surface area contributed by atoms with Crippen molar-refractivity contribution in [1.82, 2.24) is 19.7 Å². The van der Waals surface area contributed by atoms with Gasteiger partial charge >= 0.3 is 0 Å². The molecule has 0 atom stereocenters. The third-order valence-electron chi connectivity index (χ3n) is 2.52. The lowest BCUT2D eigenvalue weighted by molar-refractivity contribution is 0.621. The van der Waals surface area contributed by atoms with Crippen LogP contribution in [0.3, 0.4) is 0 Å². The van der Waals surface area contributed by atoms with Crippen LogP contribution in [0.5, 0.6) is 0 Å². The summed E-state index contributed by atoms with van der Waals surface area (Å²) in [7, 11) is 0. The third-order valence-corrected chi connectivity index (χ3v) is 2.52. The first-order chi connectivity index (χ1) is 8.84. The first-order valence-corrected chi connectivity index (χ1v) is 5.41. The Morgan fingerprint density at radius 1 is 1.00 bits per heavy atom. The summed E-state index contributed by atoms with van der Waals surface area (Å²) in [6.45, 7) is 0. The maximum atomic E-state index is 12.9.